The molecule has 107 heavy (non-hydrogen) atoms. The van der Waals surface area contributed by atoms with E-state index < -0.39 is 75.2 Å². The van der Waals surface area contributed by atoms with E-state index in [0.717, 1.165) is 77.2 Å². The molecule has 6 unspecified atom stereocenters. The van der Waals surface area contributed by atoms with Crippen molar-refractivity contribution in [2.45, 2.75) is 143 Å². The average Bonchev–Trinajstić information content (AvgIpc) is 1.68. The number of thiazole rings is 6. The highest BCUT2D eigenvalue weighted by Crippen LogP contribution is 2.48. The van der Waals surface area contributed by atoms with Crippen molar-refractivity contribution in [2.75, 3.05) is 0 Å². The summed E-state index contributed by atoms with van der Waals surface area (Å²) >= 11 is 6.70. The standard InChI is InChI=1S/C13H12F2N2S.C13H14F2N2S.C13H13FN2S.C13H15FN2S.C11H7F5N2S.C11H8F4N2S/c1-7(8-2-3-8)11-12(15)17-13(18-11)9-4-10(14)6-16-5-9;1-7(2)8(3)11-12(15)17-13(18-11)9-4-10(14)6-16-5-9;1-8(9-4-5-9)11-12(14)16-13(17-11)10-3-2-6-15-7-10;1-8(2)9(3)11-12(14)16-13(17-11)10-5-4-6-15-7-10;1-5(11(14,15)16)8-9(13)18-10(19-8)6-2-7(12)4-17-3-6;1-6(11(13,14)15)8-9(12)17-10(18-8)7-3-2-4-16-5-7/h4-8H,2-3H2,1H3;4-8H,1-3H3;2-3,6-9H,4-5H2,1H3;4-9H,1-3H3;2-5H,1H3;2-6H,1H3. The highest BCUT2D eigenvalue weighted by molar-refractivity contribution is 7.16. The number of pyridine rings is 6. The molecule has 12 aromatic rings. The molecular formula is C74H69F15N12S6. The fraction of sp³-hybridized carbons (Fsp3) is 0.351. The lowest BCUT2D eigenvalue weighted by atomic mass is 9.97. The largest absolute Gasteiger partial charge is 0.396 e. The van der Waals surface area contributed by atoms with Gasteiger partial charge in [-0.25, -0.2) is 43.1 Å². The molecule has 2 aliphatic rings. The topological polar surface area (TPSA) is 155 Å². The highest BCUT2D eigenvalue weighted by atomic mass is 32.1. The van der Waals surface area contributed by atoms with Gasteiger partial charge in [-0.1, -0.05) is 55.4 Å². The minimum absolute atomic E-state index is 0.0319. The molecule has 12 heterocycles. The van der Waals surface area contributed by atoms with E-state index in [-0.39, 0.29) is 45.2 Å². The lowest BCUT2D eigenvalue weighted by Gasteiger charge is -2.12. The Balaban J connectivity index is 0.000000148. The van der Waals surface area contributed by atoms with Crippen molar-refractivity contribution < 1.29 is 65.9 Å². The van der Waals surface area contributed by atoms with Crippen molar-refractivity contribution in [3.63, 3.8) is 0 Å². The molecule has 12 nitrogen and oxygen atoms in total. The molecule has 12 aromatic heterocycles. The second-order valence-electron chi connectivity index (χ2n) is 25.8. The molecule has 0 aliphatic heterocycles. The summed E-state index contributed by atoms with van der Waals surface area (Å²) in [5, 5.41) is 2.59. The highest BCUT2D eigenvalue weighted by Gasteiger charge is 2.42. The van der Waals surface area contributed by atoms with Crippen LogP contribution in [0, 0.1) is 76.8 Å². The summed E-state index contributed by atoms with van der Waals surface area (Å²) in [5.74, 6) is -6.34. The first kappa shape index (κ1) is 82.7. The second kappa shape index (κ2) is 36.7. The third-order valence-corrected chi connectivity index (χ3v) is 25.0. The fourth-order valence-corrected chi connectivity index (χ4v) is 16.3. The Bertz CT molecular complexity index is 4650. The predicted octanol–water partition coefficient (Wildman–Crippen LogP) is 24.4. The molecule has 566 valence electrons. The Morgan fingerprint density at radius 1 is 0.308 bits per heavy atom. The molecule has 0 amide bonds. The van der Waals surface area contributed by atoms with E-state index in [1.54, 1.807) is 36.9 Å². The number of hydrogen-bond donors (Lipinski definition) is 0. The van der Waals surface area contributed by atoms with Gasteiger partial charge in [0.05, 0.1) is 59.7 Å². The SMILES string of the molecule is CC(C)C(C)c1sc(-c2cccnc2)nc1F.CC(C)C(C)c1sc(-c2cncc(F)c2)nc1F.CC(c1sc(-c2cccnc2)nc1F)C(F)(F)F.CC(c1sc(-c2cccnc2)nc1F)C1CC1.CC(c1sc(-c2cncc(F)c2)nc1F)C(F)(F)F.CC(c1sc(-c2cncc(F)c2)nc1F)C1CC1. The van der Waals surface area contributed by atoms with Crippen LogP contribution in [0.4, 0.5) is 65.9 Å². The van der Waals surface area contributed by atoms with E-state index in [1.165, 1.54) is 101 Å². The van der Waals surface area contributed by atoms with Gasteiger partial charge in [0.1, 0.15) is 47.5 Å². The summed E-state index contributed by atoms with van der Waals surface area (Å²) in [6.45, 7) is 18.2. The summed E-state index contributed by atoms with van der Waals surface area (Å²) in [6, 6.07) is 14.4. The molecule has 2 saturated carbocycles. The number of hydrogen-bond acceptors (Lipinski definition) is 18. The lowest BCUT2D eigenvalue weighted by Crippen LogP contribution is -2.17. The zero-order valence-corrected chi connectivity index (χ0v) is 63.6. The molecule has 0 aromatic carbocycles. The van der Waals surface area contributed by atoms with Crippen LogP contribution in [0.25, 0.3) is 63.4 Å². The van der Waals surface area contributed by atoms with Gasteiger partial charge in [0, 0.05) is 89.2 Å². The Kier molecular flexibility index (Phi) is 28.4. The number of alkyl halides is 6. The first-order valence-electron chi connectivity index (χ1n) is 33.3. The zero-order valence-electron chi connectivity index (χ0n) is 58.7. The van der Waals surface area contributed by atoms with E-state index in [9.17, 15) is 65.9 Å². The van der Waals surface area contributed by atoms with E-state index in [0.29, 0.717) is 93.7 Å². The Morgan fingerprint density at radius 2 is 0.542 bits per heavy atom. The molecular weight excluding hydrogens is 1530 g/mol. The number of halogens is 15. The van der Waals surface area contributed by atoms with E-state index >= 15 is 0 Å². The zero-order chi connectivity index (χ0) is 77.8. The lowest BCUT2D eigenvalue weighted by molar-refractivity contribution is -0.146. The maximum atomic E-state index is 13.8. The average molecular weight is 1600 g/mol. The maximum absolute atomic E-state index is 13.8. The first-order chi connectivity index (χ1) is 50.7. The molecule has 0 radical (unpaired) electrons. The van der Waals surface area contributed by atoms with Crippen molar-refractivity contribution in [1.29, 1.82) is 0 Å². The molecule has 14 rings (SSSR count). The monoisotopic (exact) mass is 1600 g/mol. The summed E-state index contributed by atoms with van der Waals surface area (Å²) in [7, 11) is 0. The molecule has 2 fully saturated rings. The van der Waals surface area contributed by atoms with Crippen LogP contribution in [0.5, 0.6) is 0 Å². The van der Waals surface area contributed by atoms with Crippen LogP contribution in [0.15, 0.2) is 129 Å². The number of aromatic nitrogens is 12. The van der Waals surface area contributed by atoms with Gasteiger partial charge in [-0.05, 0) is 141 Å². The third-order valence-electron chi connectivity index (χ3n) is 17.3. The van der Waals surface area contributed by atoms with Gasteiger partial charge >= 0.3 is 12.4 Å². The maximum Gasteiger partial charge on any atom is 0.396 e. The molecule has 0 saturated heterocycles. The van der Waals surface area contributed by atoms with Crippen molar-refractivity contribution in [3.05, 3.63) is 211 Å². The Hall–Kier alpha value is -8.37. The predicted molar refractivity (Wildman–Crippen MR) is 389 cm³/mol. The normalized spacial score (nSPS) is 14.5. The molecule has 33 heteroatoms. The quantitative estimate of drug-likeness (QED) is 0.0846. The van der Waals surface area contributed by atoms with Crippen LogP contribution >= 0.6 is 68.0 Å². The van der Waals surface area contributed by atoms with Crippen molar-refractivity contribution in [2.24, 2.45) is 23.7 Å². The smallest absolute Gasteiger partial charge is 0.264 e. The Labute approximate surface area is 631 Å². The van der Waals surface area contributed by atoms with Crippen LogP contribution in [0.2, 0.25) is 0 Å². The summed E-state index contributed by atoms with van der Waals surface area (Å²) in [4.78, 5) is 47.5. The fourth-order valence-electron chi connectivity index (χ4n) is 9.86. The van der Waals surface area contributed by atoms with Gasteiger partial charge < -0.3 is 0 Å². The second-order valence-corrected chi connectivity index (χ2v) is 32.0. The van der Waals surface area contributed by atoms with Crippen LogP contribution < -0.4 is 0 Å². The van der Waals surface area contributed by atoms with Crippen LogP contribution in [0.3, 0.4) is 0 Å². The van der Waals surface area contributed by atoms with E-state index in [2.05, 4.69) is 80.6 Å². The van der Waals surface area contributed by atoms with Gasteiger partial charge in [0.25, 0.3) is 0 Å². The summed E-state index contributed by atoms with van der Waals surface area (Å²) < 4.78 is 196. The first-order valence-corrected chi connectivity index (χ1v) is 38.2. The minimum Gasteiger partial charge on any atom is -0.264 e. The van der Waals surface area contributed by atoms with Gasteiger partial charge in [0.2, 0.25) is 35.7 Å². The van der Waals surface area contributed by atoms with Gasteiger partial charge in [-0.2, -0.15) is 52.7 Å². The van der Waals surface area contributed by atoms with Crippen LogP contribution in [0.1, 0.15) is 160 Å². The molecule has 0 N–H and O–H groups in total. The molecule has 0 bridgehead atoms. The van der Waals surface area contributed by atoms with E-state index in [1.807, 2.05) is 58.9 Å². The third kappa shape index (κ3) is 22.4. The van der Waals surface area contributed by atoms with Crippen molar-refractivity contribution in [1.82, 2.24) is 59.8 Å². The number of nitrogens with zero attached hydrogens (tertiary/aromatic N) is 12. The molecule has 0 spiro atoms. The van der Waals surface area contributed by atoms with Gasteiger partial charge in [-0.15, -0.1) is 68.0 Å². The molecule has 6 atom stereocenters. The van der Waals surface area contributed by atoms with Gasteiger partial charge in [0.15, 0.2) is 0 Å². The summed E-state index contributed by atoms with van der Waals surface area (Å²) in [6.07, 6.45) is 12.9. The summed E-state index contributed by atoms with van der Waals surface area (Å²) in [5.41, 5.74) is 3.46. The molecule has 2 aliphatic carbocycles. The number of rotatable bonds is 16. The van der Waals surface area contributed by atoms with Crippen LogP contribution in [-0.2, 0) is 0 Å². The van der Waals surface area contributed by atoms with Crippen LogP contribution in [-0.4, -0.2) is 72.2 Å². The minimum atomic E-state index is -4.55. The van der Waals surface area contributed by atoms with Gasteiger partial charge in [-0.3, -0.25) is 29.9 Å². The Morgan fingerprint density at radius 3 is 0.776 bits per heavy atom. The van der Waals surface area contributed by atoms with Crippen molar-refractivity contribution in [3.8, 4) is 63.4 Å². The van der Waals surface area contributed by atoms with Crippen molar-refractivity contribution >= 4 is 68.0 Å². The van der Waals surface area contributed by atoms with E-state index in [4.69, 9.17) is 0 Å².